The third kappa shape index (κ3) is 3.75. The summed E-state index contributed by atoms with van der Waals surface area (Å²) in [5.41, 5.74) is 7.93. The van der Waals surface area contributed by atoms with E-state index in [0.29, 0.717) is 11.3 Å². The second-order valence-corrected chi connectivity index (χ2v) is 4.55. The largest absolute Gasteiger partial charge is 0.398 e. The van der Waals surface area contributed by atoms with Crippen LogP contribution in [0.15, 0.2) is 18.2 Å². The minimum atomic E-state index is 0.00496. The van der Waals surface area contributed by atoms with E-state index in [-0.39, 0.29) is 5.78 Å². The third-order valence-corrected chi connectivity index (χ3v) is 2.74. The van der Waals surface area contributed by atoms with Crippen molar-refractivity contribution in [3.05, 3.63) is 23.8 Å². The molecular weight excluding hydrogens is 214 g/mol. The molecule has 0 aromatic heterocycles. The Morgan fingerprint density at radius 3 is 2.41 bits per heavy atom. The first-order valence-electron chi connectivity index (χ1n) is 5.68. The first-order chi connectivity index (χ1) is 7.91. The fourth-order valence-electron chi connectivity index (χ4n) is 1.57. The minimum absolute atomic E-state index is 0.00496. The van der Waals surface area contributed by atoms with E-state index < -0.39 is 0 Å². The number of ketones is 1. The number of anilines is 2. The zero-order valence-electron chi connectivity index (χ0n) is 11.0. The average molecular weight is 235 g/mol. The fourth-order valence-corrected chi connectivity index (χ4v) is 1.57. The van der Waals surface area contributed by atoms with Crippen molar-refractivity contribution >= 4 is 17.2 Å². The van der Waals surface area contributed by atoms with Gasteiger partial charge in [-0.25, -0.2) is 0 Å². The zero-order chi connectivity index (χ0) is 13.0. The lowest BCUT2D eigenvalue weighted by molar-refractivity contribution is 0.101. The molecule has 1 aromatic rings. The first-order valence-corrected chi connectivity index (χ1v) is 5.68. The molecule has 0 spiro atoms. The van der Waals surface area contributed by atoms with Crippen LogP contribution in [0.3, 0.4) is 0 Å². The fraction of sp³-hybridized carbons (Fsp3) is 0.462. The molecule has 4 heteroatoms. The van der Waals surface area contributed by atoms with Crippen molar-refractivity contribution in [1.82, 2.24) is 4.90 Å². The van der Waals surface area contributed by atoms with Crippen LogP contribution in [0.25, 0.3) is 0 Å². The maximum absolute atomic E-state index is 11.4. The van der Waals surface area contributed by atoms with Crippen LogP contribution in [0.1, 0.15) is 17.3 Å². The number of nitrogens with two attached hydrogens (primary N) is 1. The molecule has 94 valence electrons. The van der Waals surface area contributed by atoms with Crippen molar-refractivity contribution < 1.29 is 4.79 Å². The highest BCUT2D eigenvalue weighted by Crippen LogP contribution is 2.20. The van der Waals surface area contributed by atoms with Gasteiger partial charge < -0.3 is 15.5 Å². The summed E-state index contributed by atoms with van der Waals surface area (Å²) in [6, 6.07) is 5.59. The Balaban J connectivity index is 2.84. The highest BCUT2D eigenvalue weighted by atomic mass is 16.1. The first kappa shape index (κ1) is 13.5. The molecular formula is C13H21N3O. The van der Waals surface area contributed by atoms with E-state index in [1.165, 1.54) is 6.92 Å². The smallest absolute Gasteiger partial charge is 0.161 e. The molecule has 0 saturated heterocycles. The van der Waals surface area contributed by atoms with Crippen LogP contribution < -0.4 is 10.6 Å². The number of nitrogen functional groups attached to an aromatic ring is 1. The van der Waals surface area contributed by atoms with Gasteiger partial charge in [0.1, 0.15) is 0 Å². The van der Waals surface area contributed by atoms with Crippen LogP contribution >= 0.6 is 0 Å². The molecule has 0 aliphatic rings. The summed E-state index contributed by atoms with van der Waals surface area (Å²) in [4.78, 5) is 15.6. The second-order valence-electron chi connectivity index (χ2n) is 4.55. The van der Waals surface area contributed by atoms with E-state index in [4.69, 9.17) is 5.73 Å². The summed E-state index contributed by atoms with van der Waals surface area (Å²) >= 11 is 0. The number of rotatable bonds is 5. The van der Waals surface area contributed by atoms with Gasteiger partial charge in [-0.3, -0.25) is 4.79 Å². The lowest BCUT2D eigenvalue weighted by Crippen LogP contribution is -2.28. The number of hydrogen-bond donors (Lipinski definition) is 1. The number of benzene rings is 1. The van der Waals surface area contributed by atoms with Crippen LogP contribution in [0.2, 0.25) is 0 Å². The maximum Gasteiger partial charge on any atom is 0.161 e. The van der Waals surface area contributed by atoms with Gasteiger partial charge in [-0.05, 0) is 39.2 Å². The van der Waals surface area contributed by atoms with Crippen LogP contribution in [0, 0.1) is 0 Å². The van der Waals surface area contributed by atoms with Crippen LogP contribution in [0.4, 0.5) is 11.4 Å². The Kier molecular flexibility index (Phi) is 4.52. The summed E-state index contributed by atoms with van der Waals surface area (Å²) in [5.74, 6) is 0.00496. The quantitative estimate of drug-likeness (QED) is 0.620. The van der Waals surface area contributed by atoms with Gasteiger partial charge in [-0.1, -0.05) is 0 Å². The Hall–Kier alpha value is -1.55. The van der Waals surface area contributed by atoms with Crippen molar-refractivity contribution in [1.29, 1.82) is 0 Å². The second kappa shape index (κ2) is 5.68. The van der Waals surface area contributed by atoms with Gasteiger partial charge in [0.2, 0.25) is 0 Å². The molecule has 0 aliphatic heterocycles. The summed E-state index contributed by atoms with van der Waals surface area (Å²) in [5, 5.41) is 0. The predicted octanol–water partition coefficient (Wildman–Crippen LogP) is 1.47. The number of hydrogen-bond acceptors (Lipinski definition) is 4. The Morgan fingerprint density at radius 2 is 1.88 bits per heavy atom. The molecule has 0 aliphatic carbocycles. The van der Waals surface area contributed by atoms with Gasteiger partial charge in [-0.2, -0.15) is 0 Å². The summed E-state index contributed by atoms with van der Waals surface area (Å²) in [6.07, 6.45) is 0. The van der Waals surface area contributed by atoms with E-state index >= 15 is 0 Å². The molecule has 1 rings (SSSR count). The number of Topliss-reactive ketones (excluding diaryl/α,β-unsaturated/α-hetero) is 1. The number of nitrogens with zero attached hydrogens (tertiary/aromatic N) is 2. The molecule has 0 unspecified atom stereocenters. The molecule has 17 heavy (non-hydrogen) atoms. The number of likely N-dealkylation sites (N-methyl/N-ethyl adjacent to an activating group) is 2. The van der Waals surface area contributed by atoms with Crippen molar-refractivity contribution in [2.24, 2.45) is 0 Å². The SMILES string of the molecule is CC(=O)c1cc(N(C)CCN(C)C)ccc1N. The summed E-state index contributed by atoms with van der Waals surface area (Å²) in [7, 11) is 6.09. The molecule has 0 amide bonds. The normalized spacial score (nSPS) is 10.6. The lowest BCUT2D eigenvalue weighted by Gasteiger charge is -2.22. The monoisotopic (exact) mass is 235 g/mol. The summed E-state index contributed by atoms with van der Waals surface area (Å²) in [6.45, 7) is 3.42. The number of carbonyl (C=O) groups is 1. The van der Waals surface area contributed by atoms with Crippen LogP contribution in [0.5, 0.6) is 0 Å². The molecule has 0 saturated carbocycles. The number of carbonyl (C=O) groups excluding carboxylic acids is 1. The molecule has 1 aromatic carbocycles. The van der Waals surface area contributed by atoms with E-state index in [1.54, 1.807) is 6.07 Å². The van der Waals surface area contributed by atoms with Gasteiger partial charge in [0.15, 0.2) is 5.78 Å². The van der Waals surface area contributed by atoms with E-state index in [9.17, 15) is 4.79 Å². The van der Waals surface area contributed by atoms with Crippen molar-refractivity contribution in [2.75, 3.05) is 44.9 Å². The predicted molar refractivity (Wildman–Crippen MR) is 72.7 cm³/mol. The molecule has 0 bridgehead atoms. The van der Waals surface area contributed by atoms with Gasteiger partial charge in [0, 0.05) is 37.1 Å². The van der Waals surface area contributed by atoms with E-state index in [2.05, 4.69) is 9.80 Å². The molecule has 0 fully saturated rings. The molecule has 4 nitrogen and oxygen atoms in total. The molecule has 0 atom stereocenters. The highest BCUT2D eigenvalue weighted by molar-refractivity contribution is 6.00. The maximum atomic E-state index is 11.4. The van der Waals surface area contributed by atoms with Gasteiger partial charge in [-0.15, -0.1) is 0 Å². The zero-order valence-corrected chi connectivity index (χ0v) is 11.0. The van der Waals surface area contributed by atoms with Crippen LogP contribution in [-0.4, -0.2) is 44.9 Å². The van der Waals surface area contributed by atoms with E-state index in [1.807, 2.05) is 33.3 Å². The van der Waals surface area contributed by atoms with Crippen molar-refractivity contribution in [3.8, 4) is 0 Å². The Morgan fingerprint density at radius 1 is 1.24 bits per heavy atom. The summed E-state index contributed by atoms with van der Waals surface area (Å²) < 4.78 is 0. The van der Waals surface area contributed by atoms with E-state index in [0.717, 1.165) is 18.8 Å². The highest BCUT2D eigenvalue weighted by Gasteiger charge is 2.08. The van der Waals surface area contributed by atoms with Gasteiger partial charge >= 0.3 is 0 Å². The molecule has 2 N–H and O–H groups in total. The Bertz CT molecular complexity index is 402. The third-order valence-electron chi connectivity index (χ3n) is 2.74. The Labute approximate surface area is 103 Å². The van der Waals surface area contributed by atoms with Crippen molar-refractivity contribution in [2.45, 2.75) is 6.92 Å². The molecule has 0 heterocycles. The van der Waals surface area contributed by atoms with Crippen LogP contribution in [-0.2, 0) is 0 Å². The van der Waals surface area contributed by atoms with Crippen molar-refractivity contribution in [3.63, 3.8) is 0 Å². The lowest BCUT2D eigenvalue weighted by atomic mass is 10.1. The van der Waals surface area contributed by atoms with Gasteiger partial charge in [0.25, 0.3) is 0 Å². The van der Waals surface area contributed by atoms with Gasteiger partial charge in [0.05, 0.1) is 0 Å². The molecule has 0 radical (unpaired) electrons. The standard InChI is InChI=1S/C13H21N3O/c1-10(17)12-9-11(5-6-13(12)14)16(4)8-7-15(2)3/h5-6,9H,7-8,14H2,1-4H3. The average Bonchev–Trinajstić information content (AvgIpc) is 2.26. The topological polar surface area (TPSA) is 49.6 Å². The minimum Gasteiger partial charge on any atom is -0.398 e.